The van der Waals surface area contributed by atoms with Crippen molar-refractivity contribution >= 4 is 17.2 Å². The SMILES string of the molecule is COc1cccc(F)c1-c1nc(C(N)=O)cs1. The van der Waals surface area contributed by atoms with Gasteiger partial charge in [0.25, 0.3) is 5.91 Å². The van der Waals surface area contributed by atoms with Gasteiger partial charge in [0.15, 0.2) is 0 Å². The van der Waals surface area contributed by atoms with Crippen molar-refractivity contribution < 1.29 is 13.9 Å². The number of thiazole rings is 1. The maximum Gasteiger partial charge on any atom is 0.268 e. The van der Waals surface area contributed by atoms with Gasteiger partial charge in [0.05, 0.1) is 12.7 Å². The molecule has 0 bridgehead atoms. The monoisotopic (exact) mass is 252 g/mol. The molecule has 1 aromatic heterocycles. The molecule has 2 rings (SSSR count). The maximum absolute atomic E-state index is 13.7. The molecule has 2 N–H and O–H groups in total. The zero-order chi connectivity index (χ0) is 12.4. The molecule has 0 unspecified atom stereocenters. The fourth-order valence-electron chi connectivity index (χ4n) is 1.38. The number of halogens is 1. The van der Waals surface area contributed by atoms with Gasteiger partial charge < -0.3 is 10.5 Å². The summed E-state index contributed by atoms with van der Waals surface area (Å²) in [4.78, 5) is 14.9. The maximum atomic E-state index is 13.7. The van der Waals surface area contributed by atoms with Crippen molar-refractivity contribution in [2.45, 2.75) is 0 Å². The third-order valence-electron chi connectivity index (χ3n) is 2.17. The Hall–Kier alpha value is -1.95. The molecule has 88 valence electrons. The van der Waals surface area contributed by atoms with Crippen LogP contribution in [-0.4, -0.2) is 18.0 Å². The molecule has 2 aromatic rings. The number of rotatable bonds is 3. The number of methoxy groups -OCH3 is 1. The number of carbonyl (C=O) groups is 1. The summed E-state index contributed by atoms with van der Waals surface area (Å²) in [6.45, 7) is 0. The number of nitrogens with zero attached hydrogens (tertiary/aromatic N) is 1. The van der Waals surface area contributed by atoms with Gasteiger partial charge in [-0.25, -0.2) is 9.37 Å². The fraction of sp³-hybridized carbons (Fsp3) is 0.0909. The number of ether oxygens (including phenoxy) is 1. The van der Waals surface area contributed by atoms with Crippen LogP contribution in [0, 0.1) is 5.82 Å². The minimum absolute atomic E-state index is 0.121. The first-order valence-electron chi connectivity index (χ1n) is 4.71. The van der Waals surface area contributed by atoms with Gasteiger partial charge in [-0.15, -0.1) is 11.3 Å². The predicted octanol–water partition coefficient (Wildman–Crippen LogP) is 2.06. The van der Waals surface area contributed by atoms with Crippen molar-refractivity contribution in [1.29, 1.82) is 0 Å². The summed E-state index contributed by atoms with van der Waals surface area (Å²) in [5, 5.41) is 1.86. The quantitative estimate of drug-likeness (QED) is 0.909. The molecule has 1 heterocycles. The highest BCUT2D eigenvalue weighted by Gasteiger charge is 2.16. The van der Waals surface area contributed by atoms with E-state index in [9.17, 15) is 9.18 Å². The molecule has 0 atom stereocenters. The van der Waals surface area contributed by atoms with E-state index >= 15 is 0 Å². The fourth-order valence-corrected chi connectivity index (χ4v) is 2.24. The molecule has 1 amide bonds. The van der Waals surface area contributed by atoms with Gasteiger partial charge in [-0.3, -0.25) is 4.79 Å². The Balaban J connectivity index is 2.55. The predicted molar refractivity (Wildman–Crippen MR) is 62.6 cm³/mol. The second-order valence-corrected chi connectivity index (χ2v) is 4.08. The van der Waals surface area contributed by atoms with E-state index in [4.69, 9.17) is 10.5 Å². The van der Waals surface area contributed by atoms with Crippen LogP contribution < -0.4 is 10.5 Å². The first-order valence-corrected chi connectivity index (χ1v) is 5.59. The standard InChI is InChI=1S/C11H9FN2O2S/c1-16-8-4-2-3-6(12)9(8)11-14-7(5-17-11)10(13)15/h2-5H,1H3,(H2,13,15). The lowest BCUT2D eigenvalue weighted by atomic mass is 10.2. The summed E-state index contributed by atoms with van der Waals surface area (Å²) in [6, 6.07) is 4.48. The van der Waals surface area contributed by atoms with Gasteiger partial charge in [0, 0.05) is 5.38 Å². The summed E-state index contributed by atoms with van der Waals surface area (Å²) in [7, 11) is 1.45. The van der Waals surface area contributed by atoms with E-state index in [0.717, 1.165) is 11.3 Å². The van der Waals surface area contributed by atoms with Gasteiger partial charge in [0.1, 0.15) is 22.3 Å². The van der Waals surface area contributed by atoms with Crippen LogP contribution in [0.15, 0.2) is 23.6 Å². The molecule has 0 aliphatic heterocycles. The van der Waals surface area contributed by atoms with Crippen molar-refractivity contribution in [2.24, 2.45) is 5.73 Å². The van der Waals surface area contributed by atoms with E-state index in [2.05, 4.69) is 4.98 Å². The summed E-state index contributed by atoms with van der Waals surface area (Å²) < 4.78 is 18.8. The molecule has 0 spiro atoms. The number of carbonyl (C=O) groups excluding carboxylic acids is 1. The number of amides is 1. The highest BCUT2D eigenvalue weighted by Crippen LogP contribution is 2.34. The van der Waals surface area contributed by atoms with Crippen LogP contribution in [0.1, 0.15) is 10.5 Å². The van der Waals surface area contributed by atoms with Crippen LogP contribution in [-0.2, 0) is 0 Å². The minimum atomic E-state index is -0.636. The lowest BCUT2D eigenvalue weighted by molar-refractivity contribution is 0.0996. The number of hydrogen-bond donors (Lipinski definition) is 1. The van der Waals surface area contributed by atoms with Crippen molar-refractivity contribution in [2.75, 3.05) is 7.11 Å². The molecular formula is C11H9FN2O2S. The van der Waals surface area contributed by atoms with E-state index in [1.165, 1.54) is 18.6 Å². The van der Waals surface area contributed by atoms with Gasteiger partial charge in [-0.2, -0.15) is 0 Å². The van der Waals surface area contributed by atoms with Crippen LogP contribution in [0.25, 0.3) is 10.6 Å². The second-order valence-electron chi connectivity index (χ2n) is 3.22. The van der Waals surface area contributed by atoms with Crippen LogP contribution in [0.4, 0.5) is 4.39 Å². The van der Waals surface area contributed by atoms with E-state index in [1.54, 1.807) is 12.1 Å². The average Bonchev–Trinajstić information content (AvgIpc) is 2.77. The van der Waals surface area contributed by atoms with E-state index < -0.39 is 11.7 Å². The highest BCUT2D eigenvalue weighted by atomic mass is 32.1. The average molecular weight is 252 g/mol. The molecular weight excluding hydrogens is 243 g/mol. The van der Waals surface area contributed by atoms with Gasteiger partial charge >= 0.3 is 0 Å². The number of aromatic nitrogens is 1. The van der Waals surface area contributed by atoms with Gasteiger partial charge in [-0.05, 0) is 12.1 Å². The number of hydrogen-bond acceptors (Lipinski definition) is 4. The third kappa shape index (κ3) is 2.12. The second kappa shape index (κ2) is 4.50. The van der Waals surface area contributed by atoms with Crippen LogP contribution >= 0.6 is 11.3 Å². The molecule has 0 aliphatic carbocycles. The number of primary amides is 1. The molecule has 4 nitrogen and oxygen atoms in total. The van der Waals surface area contributed by atoms with E-state index in [0.29, 0.717) is 10.8 Å². The van der Waals surface area contributed by atoms with Gasteiger partial charge in [-0.1, -0.05) is 6.07 Å². The Morgan fingerprint density at radius 1 is 1.53 bits per heavy atom. The molecule has 17 heavy (non-hydrogen) atoms. The Morgan fingerprint density at radius 3 is 2.88 bits per heavy atom. The zero-order valence-electron chi connectivity index (χ0n) is 8.94. The third-order valence-corrected chi connectivity index (χ3v) is 3.03. The summed E-state index contributed by atoms with van der Waals surface area (Å²) in [5.74, 6) is -0.715. The Morgan fingerprint density at radius 2 is 2.29 bits per heavy atom. The van der Waals surface area contributed by atoms with Crippen molar-refractivity contribution in [3.8, 4) is 16.3 Å². The van der Waals surface area contributed by atoms with Crippen molar-refractivity contribution in [3.05, 3.63) is 35.1 Å². The van der Waals surface area contributed by atoms with E-state index in [1.807, 2.05) is 0 Å². The number of nitrogens with two attached hydrogens (primary N) is 1. The highest BCUT2D eigenvalue weighted by molar-refractivity contribution is 7.13. The largest absolute Gasteiger partial charge is 0.496 e. The Kier molecular flexibility index (Phi) is 3.06. The molecule has 0 radical (unpaired) electrons. The van der Waals surface area contributed by atoms with Gasteiger partial charge in [0.2, 0.25) is 0 Å². The summed E-state index contributed by atoms with van der Waals surface area (Å²) in [5.41, 5.74) is 5.46. The Bertz CT molecular complexity index is 568. The number of benzene rings is 1. The minimum Gasteiger partial charge on any atom is -0.496 e. The lowest BCUT2D eigenvalue weighted by Gasteiger charge is -2.06. The normalized spacial score (nSPS) is 10.2. The lowest BCUT2D eigenvalue weighted by Crippen LogP contribution is -2.11. The first-order chi connectivity index (χ1) is 8.13. The molecule has 0 aliphatic rings. The molecule has 0 saturated carbocycles. The topological polar surface area (TPSA) is 65.2 Å². The summed E-state index contributed by atoms with van der Waals surface area (Å²) in [6.07, 6.45) is 0. The molecule has 1 aromatic carbocycles. The van der Waals surface area contributed by atoms with Crippen LogP contribution in [0.5, 0.6) is 5.75 Å². The molecule has 6 heteroatoms. The van der Waals surface area contributed by atoms with Crippen molar-refractivity contribution in [3.63, 3.8) is 0 Å². The zero-order valence-corrected chi connectivity index (χ0v) is 9.75. The van der Waals surface area contributed by atoms with Crippen LogP contribution in [0.2, 0.25) is 0 Å². The van der Waals surface area contributed by atoms with Crippen LogP contribution in [0.3, 0.4) is 0 Å². The smallest absolute Gasteiger partial charge is 0.268 e. The first kappa shape index (κ1) is 11.5. The van der Waals surface area contributed by atoms with E-state index in [-0.39, 0.29) is 11.3 Å². The summed E-state index contributed by atoms with van der Waals surface area (Å²) >= 11 is 1.14. The Labute approximate surface area is 101 Å². The molecule has 0 fully saturated rings. The molecule has 0 saturated heterocycles. The van der Waals surface area contributed by atoms with Crippen molar-refractivity contribution in [1.82, 2.24) is 4.98 Å².